The van der Waals surface area contributed by atoms with Crippen molar-refractivity contribution in [3.63, 3.8) is 0 Å². The zero-order chi connectivity index (χ0) is 19.4. The first-order valence-electron chi connectivity index (χ1n) is 8.54. The van der Waals surface area contributed by atoms with Crippen LogP contribution >= 0.6 is 11.6 Å². The van der Waals surface area contributed by atoms with Crippen molar-refractivity contribution in [2.45, 2.75) is 13.8 Å². The van der Waals surface area contributed by atoms with Gasteiger partial charge in [-0.2, -0.15) is 0 Å². The van der Waals surface area contributed by atoms with E-state index in [9.17, 15) is 9.59 Å². The summed E-state index contributed by atoms with van der Waals surface area (Å²) >= 11 is 5.89. The molecule has 3 rings (SSSR count). The lowest BCUT2D eigenvalue weighted by atomic mass is 10.1. The van der Waals surface area contributed by atoms with E-state index in [-0.39, 0.29) is 18.0 Å². The number of rotatable bonds is 6. The van der Waals surface area contributed by atoms with Crippen molar-refractivity contribution in [2.24, 2.45) is 5.92 Å². The molecule has 0 atom stereocenters. The van der Waals surface area contributed by atoms with Crippen LogP contribution in [0.3, 0.4) is 0 Å². The number of hydrogen-bond donors (Lipinski definition) is 0. The van der Waals surface area contributed by atoms with Gasteiger partial charge in [0.25, 0.3) is 0 Å². The van der Waals surface area contributed by atoms with Crippen LogP contribution in [0, 0.1) is 5.92 Å². The molecule has 1 aromatic heterocycles. The van der Waals surface area contributed by atoms with Crippen LogP contribution in [-0.4, -0.2) is 19.2 Å². The van der Waals surface area contributed by atoms with Gasteiger partial charge in [0, 0.05) is 11.1 Å². The highest BCUT2D eigenvalue weighted by molar-refractivity contribution is 6.30. The number of esters is 1. The summed E-state index contributed by atoms with van der Waals surface area (Å²) in [6.45, 7) is 4.06. The van der Waals surface area contributed by atoms with Crippen LogP contribution in [-0.2, 0) is 9.53 Å². The second kappa shape index (κ2) is 8.27. The molecule has 0 radical (unpaired) electrons. The third kappa shape index (κ3) is 4.68. The molecule has 0 N–H and O–H groups in total. The second-order valence-corrected chi connectivity index (χ2v) is 6.95. The molecule has 3 aromatic rings. The Labute approximate surface area is 161 Å². The summed E-state index contributed by atoms with van der Waals surface area (Å²) in [6, 6.07) is 11.8. The van der Waals surface area contributed by atoms with Crippen LogP contribution in [0.2, 0.25) is 5.02 Å². The SMILES string of the molecule is CC(C)COC(=O)COc1ccc2c(=O)c(-c3ccc(Cl)cc3)coc2c1. The van der Waals surface area contributed by atoms with Gasteiger partial charge in [-0.05, 0) is 35.7 Å². The highest BCUT2D eigenvalue weighted by atomic mass is 35.5. The predicted molar refractivity (Wildman–Crippen MR) is 104 cm³/mol. The van der Waals surface area contributed by atoms with Gasteiger partial charge < -0.3 is 13.9 Å². The van der Waals surface area contributed by atoms with Crippen molar-refractivity contribution >= 4 is 28.5 Å². The standard InChI is InChI=1S/C21H19ClO5/c1-13(2)10-27-20(23)12-25-16-7-8-17-19(9-16)26-11-18(21(17)24)14-3-5-15(22)6-4-14/h3-9,11,13H,10,12H2,1-2H3. The van der Waals surface area contributed by atoms with E-state index in [0.717, 1.165) is 5.56 Å². The van der Waals surface area contributed by atoms with E-state index in [2.05, 4.69) is 0 Å². The molecule has 0 saturated carbocycles. The molecule has 0 amide bonds. The van der Waals surface area contributed by atoms with Crippen LogP contribution in [0.4, 0.5) is 0 Å². The van der Waals surface area contributed by atoms with E-state index < -0.39 is 5.97 Å². The van der Waals surface area contributed by atoms with Gasteiger partial charge in [0.2, 0.25) is 0 Å². The zero-order valence-electron chi connectivity index (χ0n) is 15.0. The van der Waals surface area contributed by atoms with Crippen molar-refractivity contribution in [3.05, 3.63) is 64.0 Å². The maximum Gasteiger partial charge on any atom is 0.344 e. The summed E-state index contributed by atoms with van der Waals surface area (Å²) in [6.07, 6.45) is 1.41. The van der Waals surface area contributed by atoms with E-state index >= 15 is 0 Å². The lowest BCUT2D eigenvalue weighted by molar-refractivity contribution is -0.147. The molecule has 0 saturated heterocycles. The Bertz CT molecular complexity index is 1010. The van der Waals surface area contributed by atoms with E-state index in [0.29, 0.717) is 33.9 Å². The maximum atomic E-state index is 12.7. The van der Waals surface area contributed by atoms with E-state index in [1.807, 2.05) is 13.8 Å². The smallest absolute Gasteiger partial charge is 0.344 e. The fraction of sp³-hybridized carbons (Fsp3) is 0.238. The molecule has 0 spiro atoms. The van der Waals surface area contributed by atoms with Gasteiger partial charge in [-0.1, -0.05) is 37.6 Å². The van der Waals surface area contributed by atoms with Gasteiger partial charge in [-0.15, -0.1) is 0 Å². The molecule has 6 heteroatoms. The Morgan fingerprint density at radius 2 is 1.89 bits per heavy atom. The van der Waals surface area contributed by atoms with Crippen molar-refractivity contribution < 1.29 is 18.7 Å². The first-order valence-corrected chi connectivity index (χ1v) is 8.92. The number of carbonyl (C=O) groups is 1. The molecule has 0 aliphatic carbocycles. The third-order valence-corrected chi connectivity index (χ3v) is 4.09. The summed E-state index contributed by atoms with van der Waals surface area (Å²) in [5.41, 5.74) is 1.40. The summed E-state index contributed by atoms with van der Waals surface area (Å²) < 4.78 is 16.1. The lowest BCUT2D eigenvalue weighted by Gasteiger charge is -2.09. The van der Waals surface area contributed by atoms with Crippen molar-refractivity contribution in [1.82, 2.24) is 0 Å². The molecular formula is C21H19ClO5. The number of fused-ring (bicyclic) bond motifs is 1. The van der Waals surface area contributed by atoms with Crippen LogP contribution in [0.1, 0.15) is 13.8 Å². The van der Waals surface area contributed by atoms with Crippen LogP contribution in [0.25, 0.3) is 22.1 Å². The first-order chi connectivity index (χ1) is 12.9. The summed E-state index contributed by atoms with van der Waals surface area (Å²) in [4.78, 5) is 24.4. The lowest BCUT2D eigenvalue weighted by Crippen LogP contribution is -2.17. The summed E-state index contributed by atoms with van der Waals surface area (Å²) in [5, 5.41) is 1.02. The highest BCUT2D eigenvalue weighted by Gasteiger charge is 2.11. The van der Waals surface area contributed by atoms with Crippen molar-refractivity contribution in [2.75, 3.05) is 13.2 Å². The number of hydrogen-bond acceptors (Lipinski definition) is 5. The van der Waals surface area contributed by atoms with Crippen molar-refractivity contribution in [1.29, 1.82) is 0 Å². The quantitative estimate of drug-likeness (QED) is 0.575. The molecule has 1 heterocycles. The first kappa shape index (κ1) is 19.0. The van der Waals surface area contributed by atoms with E-state index in [1.54, 1.807) is 42.5 Å². The normalized spacial score (nSPS) is 11.0. The van der Waals surface area contributed by atoms with Gasteiger partial charge in [0.1, 0.15) is 17.6 Å². The topological polar surface area (TPSA) is 65.7 Å². The van der Waals surface area contributed by atoms with Gasteiger partial charge >= 0.3 is 5.97 Å². The fourth-order valence-corrected chi connectivity index (χ4v) is 2.60. The molecule has 0 unspecified atom stereocenters. The Morgan fingerprint density at radius 3 is 2.59 bits per heavy atom. The molecule has 0 fully saturated rings. The van der Waals surface area contributed by atoms with E-state index in [1.165, 1.54) is 6.26 Å². The monoisotopic (exact) mass is 386 g/mol. The number of halogens is 1. The molecule has 0 bridgehead atoms. The Morgan fingerprint density at radius 1 is 1.15 bits per heavy atom. The second-order valence-electron chi connectivity index (χ2n) is 6.51. The van der Waals surface area contributed by atoms with Gasteiger partial charge in [-0.3, -0.25) is 4.79 Å². The minimum absolute atomic E-state index is 0.151. The Kier molecular flexibility index (Phi) is 5.81. The summed E-state index contributed by atoms with van der Waals surface area (Å²) in [5.74, 6) is 0.244. The van der Waals surface area contributed by atoms with E-state index in [4.69, 9.17) is 25.5 Å². The molecule has 0 aliphatic heterocycles. The minimum Gasteiger partial charge on any atom is -0.482 e. The molecule has 140 valence electrons. The largest absolute Gasteiger partial charge is 0.482 e. The molecule has 27 heavy (non-hydrogen) atoms. The molecule has 2 aromatic carbocycles. The fourth-order valence-electron chi connectivity index (χ4n) is 2.47. The highest BCUT2D eigenvalue weighted by Crippen LogP contribution is 2.24. The van der Waals surface area contributed by atoms with Gasteiger partial charge in [0.15, 0.2) is 12.0 Å². The Balaban J connectivity index is 1.79. The van der Waals surface area contributed by atoms with Gasteiger partial charge in [-0.25, -0.2) is 4.79 Å². The van der Waals surface area contributed by atoms with Crippen LogP contribution < -0.4 is 10.2 Å². The number of ether oxygens (including phenoxy) is 2. The minimum atomic E-state index is -0.441. The summed E-state index contributed by atoms with van der Waals surface area (Å²) in [7, 11) is 0. The molecule has 0 aliphatic rings. The molecule has 5 nitrogen and oxygen atoms in total. The van der Waals surface area contributed by atoms with Crippen LogP contribution in [0.5, 0.6) is 5.75 Å². The van der Waals surface area contributed by atoms with Crippen LogP contribution in [0.15, 0.2) is 57.9 Å². The maximum absolute atomic E-state index is 12.7. The average Bonchev–Trinajstić information content (AvgIpc) is 2.66. The van der Waals surface area contributed by atoms with Gasteiger partial charge in [0.05, 0.1) is 17.6 Å². The predicted octanol–water partition coefficient (Wildman–Crippen LogP) is 4.69. The Hall–Kier alpha value is -2.79. The number of benzene rings is 2. The third-order valence-electron chi connectivity index (χ3n) is 3.84. The van der Waals surface area contributed by atoms with Crippen molar-refractivity contribution in [3.8, 4) is 16.9 Å². The average molecular weight is 387 g/mol. The zero-order valence-corrected chi connectivity index (χ0v) is 15.8. The number of carbonyl (C=O) groups excluding carboxylic acids is 1. The molecular weight excluding hydrogens is 368 g/mol.